The molecule has 3 N–H and O–H groups in total. The van der Waals surface area contributed by atoms with Gasteiger partial charge in [-0.15, -0.1) is 0 Å². The van der Waals surface area contributed by atoms with Gasteiger partial charge in [0.05, 0.1) is 72.8 Å². The maximum atomic E-state index is 13.8. The van der Waals surface area contributed by atoms with E-state index in [1.807, 2.05) is 40.9 Å². The smallest absolute Gasteiger partial charge is 0.261 e. The number of likely N-dealkylation sites (N-methyl/N-ethyl adjacent to an activating group) is 2. The van der Waals surface area contributed by atoms with Crippen LogP contribution < -0.4 is 33.2 Å². The molecular formula is C71H68N8O14. The van der Waals surface area contributed by atoms with Gasteiger partial charge in [-0.25, -0.2) is 0 Å². The Morgan fingerprint density at radius 2 is 0.946 bits per heavy atom. The van der Waals surface area contributed by atoms with Crippen LogP contribution in [-0.2, 0) is 25.7 Å². The Morgan fingerprint density at radius 1 is 0.548 bits per heavy atom. The Kier molecular flexibility index (Phi) is 14.0. The number of benzene rings is 6. The molecular weight excluding hydrogens is 1190 g/mol. The van der Waals surface area contributed by atoms with Crippen molar-refractivity contribution >= 4 is 23.6 Å². The van der Waals surface area contributed by atoms with Crippen LogP contribution in [0.15, 0.2) is 73.3 Å². The van der Waals surface area contributed by atoms with Gasteiger partial charge in [-0.05, 0) is 114 Å². The van der Waals surface area contributed by atoms with Crippen molar-refractivity contribution in [3.63, 3.8) is 0 Å². The van der Waals surface area contributed by atoms with Crippen molar-refractivity contribution in [2.45, 2.75) is 114 Å². The van der Waals surface area contributed by atoms with E-state index in [4.69, 9.17) is 33.2 Å². The molecule has 0 aromatic heterocycles. The second-order valence-electron chi connectivity index (χ2n) is 25.7. The van der Waals surface area contributed by atoms with Crippen LogP contribution >= 0.6 is 0 Å². The van der Waals surface area contributed by atoms with Gasteiger partial charge in [-0.3, -0.25) is 48.6 Å². The lowest BCUT2D eigenvalue weighted by Gasteiger charge is -2.60. The van der Waals surface area contributed by atoms with E-state index in [1.165, 1.54) is 16.9 Å². The molecule has 22 nitrogen and oxygen atoms in total. The fourth-order valence-corrected chi connectivity index (χ4v) is 17.5. The standard InChI is InChI=1S/C37H36N4O7.C34H32N4O7/c1-6-11-46-33-19(3)34-35(48-17-47-34)29-23(33)14-25-30-28-20(12-18(2)32(45-5)31(28)42)13-24(39(30)4)26(15-38)41(25)27(29)16-40-36(43)21-9-7-8-10-22(21)37(40)44;1-15-9-17-10-21-23(12-35)38-22(27(36(21)3)25(17)29(40)30(15)43-4)11-20-26(32-31(44-14-45-32)16(2)28(20)39)24(38)13-37-33(41)18-7-5-6-8-19(18)34(37)42/h6-10,12,24-27,30,42H,1,11,13-14,16-17H2,2-5H3;5-9,21-24,27,39-40H,10-11,13-14H2,1-4H3/t24-,25?,26-,27-,30-;21-,22?,23-,24-,27-/m00/s1. The monoisotopic (exact) mass is 1260 g/mol. The van der Waals surface area contributed by atoms with E-state index in [2.05, 4.69) is 44.4 Å². The molecule has 6 aromatic rings. The quantitative estimate of drug-likeness (QED) is 0.0917. The van der Waals surface area contributed by atoms with Crippen LogP contribution in [0.25, 0.3) is 0 Å². The number of nitrogens with zero attached hydrogens (tertiary/aromatic N) is 8. The number of fused-ring (bicyclic) bond motifs is 20. The highest BCUT2D eigenvalue weighted by atomic mass is 16.7. The number of ether oxygens (including phenoxy) is 7. The number of rotatable bonds is 9. The van der Waals surface area contributed by atoms with Gasteiger partial charge in [-0.1, -0.05) is 49.1 Å². The summed E-state index contributed by atoms with van der Waals surface area (Å²) in [6, 6.07) is 18.2. The molecule has 0 spiro atoms. The van der Waals surface area contributed by atoms with Crippen molar-refractivity contribution < 1.29 is 67.7 Å². The Morgan fingerprint density at radius 3 is 1.35 bits per heavy atom. The van der Waals surface area contributed by atoms with E-state index in [-0.39, 0.29) is 92.6 Å². The summed E-state index contributed by atoms with van der Waals surface area (Å²) in [6.45, 7) is 11.5. The zero-order valence-corrected chi connectivity index (χ0v) is 52.6. The molecule has 0 aliphatic carbocycles. The normalized spacial score (nSPS) is 25.7. The third-order valence-corrected chi connectivity index (χ3v) is 21.4. The summed E-state index contributed by atoms with van der Waals surface area (Å²) in [4.78, 5) is 66.1. The molecule has 0 radical (unpaired) electrons. The molecule has 93 heavy (non-hydrogen) atoms. The van der Waals surface area contributed by atoms with Crippen LogP contribution in [0.4, 0.5) is 0 Å². The molecule has 2 fully saturated rings. The van der Waals surface area contributed by atoms with Gasteiger partial charge in [0.1, 0.15) is 30.2 Å². The lowest BCUT2D eigenvalue weighted by Crippen LogP contribution is -2.68. The lowest BCUT2D eigenvalue weighted by molar-refractivity contribution is -0.0758. The number of hydrogen-bond donors (Lipinski definition) is 3. The fourth-order valence-electron chi connectivity index (χ4n) is 17.5. The summed E-state index contributed by atoms with van der Waals surface area (Å²) in [6.07, 6.45) is 3.47. The number of imide groups is 2. The van der Waals surface area contributed by atoms with Gasteiger partial charge < -0.3 is 48.5 Å². The Bertz CT molecular complexity index is 4330. The minimum atomic E-state index is -0.706. The number of phenolic OH excluding ortho intramolecular Hbond substituents is 3. The van der Waals surface area contributed by atoms with Crippen LogP contribution in [0.1, 0.15) is 132 Å². The number of aryl methyl sites for hydroxylation is 2. The van der Waals surface area contributed by atoms with Crippen molar-refractivity contribution in [2.24, 2.45) is 0 Å². The molecule has 2 saturated heterocycles. The van der Waals surface area contributed by atoms with Crippen molar-refractivity contribution in [1.29, 1.82) is 10.5 Å². The molecule has 10 atom stereocenters. The highest BCUT2D eigenvalue weighted by Crippen LogP contribution is 2.61. The van der Waals surface area contributed by atoms with Crippen LogP contribution in [0.5, 0.6) is 57.5 Å². The summed E-state index contributed by atoms with van der Waals surface area (Å²) in [7, 11) is 7.04. The molecule has 16 rings (SSSR count). The van der Waals surface area contributed by atoms with Crippen molar-refractivity contribution in [3.05, 3.63) is 162 Å². The first-order chi connectivity index (χ1) is 44.9. The molecule has 10 heterocycles. The Labute approximate surface area is 536 Å². The highest BCUT2D eigenvalue weighted by Gasteiger charge is 2.60. The predicted octanol–water partition coefficient (Wildman–Crippen LogP) is 7.90. The number of methoxy groups -OCH3 is 2. The molecule has 2 unspecified atom stereocenters. The second-order valence-corrected chi connectivity index (χ2v) is 25.7. The SMILES string of the molecule is C=CCOc1c(C)c2c(c3c1CC1[C@H]4c5c(cc(C)c(OC)c5O)C[C@@H]([C@H](C#N)N1[C@H]3CN1C(=O)c3ccccc3C1=O)N4C)OCO2.COc1c(C)cc2c(c1O)[C@@H]1C3Cc4c(O)c(C)c5c(c4[C@H](CN4C(=O)c6ccccc6C4=O)N3[C@@H](C#N)[C@H](C2)N1C)OCO5. The fraction of sp³-hybridized carbons (Fsp3) is 0.380. The number of carbonyl (C=O) groups is 4. The van der Waals surface area contributed by atoms with Crippen molar-refractivity contribution in [3.8, 4) is 69.6 Å². The zero-order valence-electron chi connectivity index (χ0n) is 52.6. The summed E-state index contributed by atoms with van der Waals surface area (Å²) in [5.74, 6) is 2.04. The molecule has 6 aromatic carbocycles. The van der Waals surface area contributed by atoms with E-state index in [0.717, 1.165) is 50.1 Å². The average Bonchev–Trinajstić information content (AvgIpc) is 1.11. The molecule has 10 aliphatic heterocycles. The van der Waals surface area contributed by atoms with E-state index in [9.17, 15) is 45.0 Å². The predicted molar refractivity (Wildman–Crippen MR) is 333 cm³/mol. The van der Waals surface area contributed by atoms with Gasteiger partial charge in [0, 0.05) is 81.8 Å². The zero-order chi connectivity index (χ0) is 65.1. The molecule has 0 saturated carbocycles. The van der Waals surface area contributed by atoms with E-state index in [0.29, 0.717) is 105 Å². The van der Waals surface area contributed by atoms with Gasteiger partial charge >= 0.3 is 0 Å². The number of nitriles is 2. The average molecular weight is 1260 g/mol. The number of hydrogen-bond acceptors (Lipinski definition) is 20. The molecule has 4 bridgehead atoms. The number of piperazine rings is 2. The largest absolute Gasteiger partial charge is 0.507 e. The Balaban J connectivity index is 0.000000154. The molecule has 476 valence electrons. The topological polar surface area (TPSA) is 261 Å². The minimum absolute atomic E-state index is 0.00670. The number of aromatic hydroxyl groups is 3. The van der Waals surface area contributed by atoms with Crippen LogP contribution in [0.3, 0.4) is 0 Å². The summed E-state index contributed by atoms with van der Waals surface area (Å²) in [5, 5.41) is 56.8. The van der Waals surface area contributed by atoms with E-state index < -0.39 is 42.0 Å². The first-order valence-corrected chi connectivity index (χ1v) is 31.2. The van der Waals surface area contributed by atoms with Crippen molar-refractivity contribution in [2.75, 3.05) is 61.6 Å². The van der Waals surface area contributed by atoms with E-state index >= 15 is 0 Å². The van der Waals surface area contributed by atoms with Crippen molar-refractivity contribution in [1.82, 2.24) is 29.4 Å². The number of phenols is 3. The molecule has 22 heteroatoms. The first kappa shape index (κ1) is 59.5. The van der Waals surface area contributed by atoms with Crippen LogP contribution in [-0.4, -0.2) is 166 Å². The number of carbonyl (C=O) groups excluding carboxylic acids is 4. The minimum Gasteiger partial charge on any atom is -0.507 e. The molecule has 4 amide bonds. The van der Waals surface area contributed by atoms with E-state index in [1.54, 1.807) is 68.6 Å². The van der Waals surface area contributed by atoms with Gasteiger partial charge in [0.25, 0.3) is 23.6 Å². The Hall–Kier alpha value is -9.84. The number of amides is 4. The third kappa shape index (κ3) is 8.30. The summed E-state index contributed by atoms with van der Waals surface area (Å²) in [5.41, 5.74) is 10.6. The maximum Gasteiger partial charge on any atom is 0.261 e. The second kappa shape index (κ2) is 21.9. The third-order valence-electron chi connectivity index (χ3n) is 21.4. The van der Waals surface area contributed by atoms with Gasteiger partial charge in [-0.2, -0.15) is 10.5 Å². The lowest BCUT2D eigenvalue weighted by atomic mass is 9.71. The summed E-state index contributed by atoms with van der Waals surface area (Å²) >= 11 is 0. The maximum absolute atomic E-state index is 13.8. The van der Waals surface area contributed by atoms with Crippen LogP contribution in [0, 0.1) is 50.4 Å². The highest BCUT2D eigenvalue weighted by molar-refractivity contribution is 6.22. The first-order valence-electron chi connectivity index (χ1n) is 31.2. The van der Waals surface area contributed by atoms with Gasteiger partial charge in [0.15, 0.2) is 46.0 Å². The molecule has 10 aliphatic rings. The van der Waals surface area contributed by atoms with Crippen LogP contribution in [0.2, 0.25) is 0 Å². The summed E-state index contributed by atoms with van der Waals surface area (Å²) < 4.78 is 41.6. The van der Waals surface area contributed by atoms with Gasteiger partial charge in [0.2, 0.25) is 13.6 Å².